The molecule has 0 aliphatic rings. The van der Waals surface area contributed by atoms with Crippen molar-refractivity contribution in [3.8, 4) is 11.1 Å². The van der Waals surface area contributed by atoms with Gasteiger partial charge in [0.15, 0.2) is 5.96 Å². The van der Waals surface area contributed by atoms with E-state index in [0.717, 1.165) is 42.4 Å². The maximum Gasteiger partial charge on any atom is 0.305 e. The molecule has 2 aromatic carbocycles. The molecule has 2 aromatic rings. The number of guanidine groups is 1. The predicted molar refractivity (Wildman–Crippen MR) is 149 cm³/mol. The van der Waals surface area contributed by atoms with Gasteiger partial charge in [-0.25, -0.2) is 0 Å². The number of carboxylic acids is 1. The average molecular weight is 539 g/mol. The summed E-state index contributed by atoms with van der Waals surface area (Å²) < 4.78 is 0. The summed E-state index contributed by atoms with van der Waals surface area (Å²) in [4.78, 5) is 52.6. The van der Waals surface area contributed by atoms with Crippen LogP contribution in [0.1, 0.15) is 50.5 Å². The zero-order valence-electron chi connectivity index (χ0n) is 22.0. The molecule has 0 saturated heterocycles. The Morgan fingerprint density at radius 2 is 1.44 bits per heavy atom. The Morgan fingerprint density at radius 1 is 0.821 bits per heavy atom. The van der Waals surface area contributed by atoms with Crippen molar-refractivity contribution in [2.24, 2.45) is 22.2 Å². The second kappa shape index (κ2) is 16.6. The zero-order valence-corrected chi connectivity index (χ0v) is 22.0. The van der Waals surface area contributed by atoms with Crippen LogP contribution >= 0.6 is 0 Å². The van der Waals surface area contributed by atoms with Gasteiger partial charge in [0.05, 0.1) is 12.5 Å². The van der Waals surface area contributed by atoms with Crippen LogP contribution in [0.3, 0.4) is 0 Å². The van der Waals surface area contributed by atoms with Crippen LogP contribution in [0.25, 0.3) is 11.1 Å². The molecule has 2 atom stereocenters. The Kier molecular flexibility index (Phi) is 13.2. The van der Waals surface area contributed by atoms with Gasteiger partial charge in [0.25, 0.3) is 0 Å². The molecule has 11 heteroatoms. The van der Waals surface area contributed by atoms with E-state index in [2.05, 4.69) is 15.6 Å². The fourth-order valence-corrected chi connectivity index (χ4v) is 3.90. The average Bonchev–Trinajstić information content (AvgIpc) is 2.90. The van der Waals surface area contributed by atoms with E-state index in [-0.39, 0.29) is 18.8 Å². The van der Waals surface area contributed by atoms with Crippen molar-refractivity contribution in [3.05, 3.63) is 60.2 Å². The first kappa shape index (κ1) is 31.0. The van der Waals surface area contributed by atoms with Crippen LogP contribution in [0.5, 0.6) is 0 Å². The summed E-state index contributed by atoms with van der Waals surface area (Å²) in [5.74, 6) is -3.36. The lowest BCUT2D eigenvalue weighted by Gasteiger charge is -2.18. The quantitative estimate of drug-likeness (QED) is 0.105. The highest BCUT2D eigenvalue weighted by Crippen LogP contribution is 2.19. The summed E-state index contributed by atoms with van der Waals surface area (Å²) in [5.41, 5.74) is 19.4. The third-order valence-corrected chi connectivity index (χ3v) is 5.99. The minimum atomic E-state index is -1.39. The topological polar surface area (TPSA) is 203 Å². The van der Waals surface area contributed by atoms with Crippen LogP contribution in [0.15, 0.2) is 59.6 Å². The largest absolute Gasteiger partial charge is 0.481 e. The number of benzene rings is 2. The van der Waals surface area contributed by atoms with E-state index >= 15 is 0 Å². The number of carboxylic acid groups (broad SMARTS) is 1. The number of imide groups is 1. The van der Waals surface area contributed by atoms with Crippen LogP contribution in [-0.4, -0.2) is 53.4 Å². The number of nitrogens with zero attached hydrogens (tertiary/aromatic N) is 1. The highest BCUT2D eigenvalue weighted by Gasteiger charge is 2.27. The Bertz CT molecular complexity index is 1120. The number of carbonyl (C=O) groups excluding carboxylic acids is 3. The van der Waals surface area contributed by atoms with Gasteiger partial charge in [-0.05, 0) is 36.0 Å². The second-order valence-corrected chi connectivity index (χ2v) is 9.27. The molecule has 0 heterocycles. The molecule has 0 saturated carbocycles. The van der Waals surface area contributed by atoms with Crippen molar-refractivity contribution in [1.29, 1.82) is 0 Å². The first-order chi connectivity index (χ1) is 18.7. The van der Waals surface area contributed by atoms with Gasteiger partial charge in [-0.2, -0.15) is 0 Å². The molecule has 0 radical (unpaired) electrons. The van der Waals surface area contributed by atoms with Gasteiger partial charge >= 0.3 is 5.97 Å². The smallest absolute Gasteiger partial charge is 0.305 e. The van der Waals surface area contributed by atoms with Gasteiger partial charge in [0.2, 0.25) is 17.7 Å². The van der Waals surface area contributed by atoms with Crippen molar-refractivity contribution >= 4 is 29.7 Å². The summed E-state index contributed by atoms with van der Waals surface area (Å²) in [6.07, 6.45) is 3.62. The Balaban J connectivity index is 1.80. The van der Waals surface area contributed by atoms with E-state index in [4.69, 9.17) is 17.2 Å². The van der Waals surface area contributed by atoms with E-state index in [9.17, 15) is 24.3 Å². The zero-order chi connectivity index (χ0) is 28.6. The molecule has 2 rings (SSSR count). The van der Waals surface area contributed by atoms with E-state index < -0.39 is 42.2 Å². The lowest BCUT2D eigenvalue weighted by Crippen LogP contribution is -2.53. The molecule has 0 aliphatic carbocycles. The van der Waals surface area contributed by atoms with Crippen molar-refractivity contribution in [1.82, 2.24) is 10.6 Å². The van der Waals surface area contributed by atoms with Crippen LogP contribution in [0.4, 0.5) is 0 Å². The van der Waals surface area contributed by atoms with Gasteiger partial charge in [-0.3, -0.25) is 29.5 Å². The number of amides is 3. The van der Waals surface area contributed by atoms with E-state index in [1.807, 2.05) is 54.6 Å². The molecule has 11 nitrogen and oxygen atoms in total. The first-order valence-corrected chi connectivity index (χ1v) is 13.0. The Hall–Kier alpha value is -4.25. The molecule has 0 bridgehead atoms. The standard InChI is InChI=1S/C28H38N6O5/c29-22(17-19-12-14-21(15-13-19)20-9-5-4-6-10-20)26(38)34-27(39)23(18-25(36)37)33-24(35)11-7-2-1-3-8-16-32-28(30)31/h4-6,9-10,12-15,22-23H,1-3,7-8,11,16-18,29H2,(H,33,35)(H,36,37)(H4,30,31,32)(H,34,38,39)/t22-,23-/m0/s1. The minimum absolute atomic E-state index is 0.0594. The molecular formula is C28H38N6O5. The molecule has 9 N–H and O–H groups in total. The summed E-state index contributed by atoms with van der Waals surface area (Å²) in [6.45, 7) is 0.553. The first-order valence-electron chi connectivity index (χ1n) is 13.0. The summed E-state index contributed by atoms with van der Waals surface area (Å²) in [7, 11) is 0. The molecule has 39 heavy (non-hydrogen) atoms. The van der Waals surface area contributed by atoms with Crippen molar-refractivity contribution in [3.63, 3.8) is 0 Å². The molecule has 0 unspecified atom stereocenters. The van der Waals surface area contributed by atoms with Gasteiger partial charge in [-0.1, -0.05) is 73.9 Å². The SMILES string of the molecule is NC(N)=NCCCCCCCC(=O)N[C@@H](CC(=O)O)C(=O)NC(=O)[C@@H](N)Cc1ccc(-c2ccccc2)cc1. The number of nitrogens with two attached hydrogens (primary N) is 3. The third-order valence-electron chi connectivity index (χ3n) is 5.99. The van der Waals surface area contributed by atoms with Crippen LogP contribution in [-0.2, 0) is 25.6 Å². The summed E-state index contributed by atoms with van der Waals surface area (Å²) in [6, 6.07) is 14.9. The number of aliphatic carboxylic acids is 1. The van der Waals surface area contributed by atoms with Crippen LogP contribution in [0.2, 0.25) is 0 Å². The normalized spacial score (nSPS) is 12.1. The lowest BCUT2D eigenvalue weighted by atomic mass is 10.0. The van der Waals surface area contributed by atoms with Crippen molar-refractivity contribution < 1.29 is 24.3 Å². The summed E-state index contributed by atoms with van der Waals surface area (Å²) >= 11 is 0. The van der Waals surface area contributed by atoms with Gasteiger partial charge < -0.3 is 27.6 Å². The number of hydrogen-bond acceptors (Lipinski definition) is 6. The lowest BCUT2D eigenvalue weighted by molar-refractivity contribution is -0.142. The van der Waals surface area contributed by atoms with Gasteiger partial charge in [-0.15, -0.1) is 0 Å². The maximum atomic E-state index is 12.6. The van der Waals surface area contributed by atoms with E-state index in [1.165, 1.54) is 0 Å². The fourth-order valence-electron chi connectivity index (χ4n) is 3.90. The second-order valence-electron chi connectivity index (χ2n) is 9.27. The number of nitrogens with one attached hydrogen (secondary N) is 2. The summed E-state index contributed by atoms with van der Waals surface area (Å²) in [5, 5.41) is 13.7. The highest BCUT2D eigenvalue weighted by molar-refractivity contribution is 6.02. The Labute approximate surface area is 228 Å². The van der Waals surface area contributed by atoms with E-state index in [0.29, 0.717) is 13.0 Å². The monoisotopic (exact) mass is 538 g/mol. The van der Waals surface area contributed by atoms with Crippen LogP contribution < -0.4 is 27.8 Å². The molecular weight excluding hydrogens is 500 g/mol. The number of aliphatic imine (C=N–C) groups is 1. The molecule has 0 spiro atoms. The van der Waals surface area contributed by atoms with Gasteiger partial charge in [0.1, 0.15) is 6.04 Å². The molecule has 0 aliphatic heterocycles. The van der Waals surface area contributed by atoms with Crippen molar-refractivity contribution in [2.75, 3.05) is 6.54 Å². The molecule has 210 valence electrons. The Morgan fingerprint density at radius 3 is 2.08 bits per heavy atom. The number of carbonyl (C=O) groups is 4. The minimum Gasteiger partial charge on any atom is -0.481 e. The number of rotatable bonds is 16. The third kappa shape index (κ3) is 12.2. The molecule has 0 fully saturated rings. The van der Waals surface area contributed by atoms with E-state index in [1.54, 1.807) is 0 Å². The fraction of sp³-hybridized carbons (Fsp3) is 0.393. The maximum absolute atomic E-state index is 12.6. The highest BCUT2D eigenvalue weighted by atomic mass is 16.4. The van der Waals surface area contributed by atoms with Crippen molar-refractivity contribution in [2.45, 2.75) is 63.5 Å². The predicted octanol–water partition coefficient (Wildman–Crippen LogP) is 1.44. The molecule has 0 aromatic heterocycles. The number of unbranched alkanes of at least 4 members (excludes halogenated alkanes) is 4. The van der Waals surface area contributed by atoms with Crippen LogP contribution in [0, 0.1) is 0 Å². The van der Waals surface area contributed by atoms with Gasteiger partial charge in [0, 0.05) is 13.0 Å². The number of hydrogen-bond donors (Lipinski definition) is 6. The molecule has 3 amide bonds.